The number of carbonyl (C=O) groups is 1. The fourth-order valence-corrected chi connectivity index (χ4v) is 3.80. The summed E-state index contributed by atoms with van der Waals surface area (Å²) in [6, 6.07) is 0. The number of piperidine rings is 1. The molecule has 2 aliphatic rings. The Balaban J connectivity index is 0.00000110. The molecule has 120 valence electrons. The lowest BCUT2D eigenvalue weighted by Gasteiger charge is -2.23. The largest absolute Gasteiger partial charge is 0.355 e. The van der Waals surface area contributed by atoms with Gasteiger partial charge >= 0.3 is 0 Å². The summed E-state index contributed by atoms with van der Waals surface area (Å²) in [7, 11) is 0. The number of amides is 1. The van der Waals surface area contributed by atoms with Crippen molar-refractivity contribution < 1.29 is 4.79 Å². The van der Waals surface area contributed by atoms with E-state index in [1.807, 2.05) is 6.92 Å². The van der Waals surface area contributed by atoms with Crippen LogP contribution in [0, 0.1) is 18.3 Å². The molecule has 4 nitrogen and oxygen atoms in total. The van der Waals surface area contributed by atoms with Crippen LogP contribution in [0.2, 0.25) is 0 Å². The molecule has 1 atom stereocenters. The van der Waals surface area contributed by atoms with Crippen molar-refractivity contribution in [3.05, 3.63) is 16.1 Å². The third-order valence-corrected chi connectivity index (χ3v) is 5.27. The number of carbonyl (C=O) groups excluding carboxylic acids is 1. The maximum atomic E-state index is 12.1. The van der Waals surface area contributed by atoms with Gasteiger partial charge in [-0.15, -0.1) is 36.2 Å². The number of hydrogen-bond acceptors (Lipinski definition) is 4. The van der Waals surface area contributed by atoms with E-state index in [1.54, 1.807) is 11.3 Å². The Labute approximate surface area is 142 Å². The normalized spacial score (nSPS) is 22.0. The van der Waals surface area contributed by atoms with Gasteiger partial charge in [0.2, 0.25) is 5.91 Å². The quantitative estimate of drug-likeness (QED) is 0.875. The minimum absolute atomic E-state index is 0. The topological polar surface area (TPSA) is 54.0 Å². The van der Waals surface area contributed by atoms with E-state index in [9.17, 15) is 4.79 Å². The lowest BCUT2D eigenvalue weighted by atomic mass is 9.92. The summed E-state index contributed by atoms with van der Waals surface area (Å²) in [6.07, 6.45) is 4.26. The van der Waals surface area contributed by atoms with Gasteiger partial charge < -0.3 is 10.6 Å². The van der Waals surface area contributed by atoms with Crippen molar-refractivity contribution >= 4 is 42.1 Å². The van der Waals surface area contributed by atoms with Crippen molar-refractivity contribution in [3.8, 4) is 0 Å². The first-order chi connectivity index (χ1) is 9.20. The van der Waals surface area contributed by atoms with E-state index >= 15 is 0 Å². The lowest BCUT2D eigenvalue weighted by molar-refractivity contribution is -0.123. The molecule has 1 aliphatic carbocycles. The lowest BCUT2D eigenvalue weighted by Crippen LogP contribution is -2.34. The van der Waals surface area contributed by atoms with Crippen LogP contribution in [0.3, 0.4) is 0 Å². The van der Waals surface area contributed by atoms with Crippen LogP contribution in [-0.2, 0) is 11.2 Å². The number of aromatic nitrogens is 1. The maximum Gasteiger partial charge on any atom is 0.223 e. The predicted molar refractivity (Wildman–Crippen MR) is 90.7 cm³/mol. The number of hydrogen-bond donors (Lipinski definition) is 2. The van der Waals surface area contributed by atoms with Crippen LogP contribution in [0.1, 0.15) is 30.0 Å². The summed E-state index contributed by atoms with van der Waals surface area (Å²) in [5, 5.41) is 9.62. The molecular formula is C14H23Cl2N3OS. The number of nitrogens with zero attached hydrogens (tertiary/aromatic N) is 1. The zero-order valence-corrected chi connectivity index (χ0v) is 14.6. The van der Waals surface area contributed by atoms with Gasteiger partial charge in [0.1, 0.15) is 0 Å². The van der Waals surface area contributed by atoms with Crippen molar-refractivity contribution in [2.75, 3.05) is 19.6 Å². The first kappa shape index (κ1) is 18.7. The third kappa shape index (κ3) is 4.31. The second kappa shape index (κ2) is 7.77. The van der Waals surface area contributed by atoms with E-state index in [2.05, 4.69) is 21.0 Å². The summed E-state index contributed by atoms with van der Waals surface area (Å²) in [5.74, 6) is 0.528. The molecule has 0 radical (unpaired) electrons. The molecule has 1 saturated heterocycles. The molecule has 7 heteroatoms. The van der Waals surface area contributed by atoms with Crippen molar-refractivity contribution in [1.82, 2.24) is 15.6 Å². The molecule has 1 spiro atoms. The van der Waals surface area contributed by atoms with Gasteiger partial charge in [-0.3, -0.25) is 4.79 Å². The van der Waals surface area contributed by atoms with Gasteiger partial charge in [-0.1, -0.05) is 0 Å². The number of halogens is 2. The van der Waals surface area contributed by atoms with Gasteiger partial charge in [0, 0.05) is 24.3 Å². The Morgan fingerprint density at radius 2 is 2.19 bits per heavy atom. The Morgan fingerprint density at radius 1 is 1.48 bits per heavy atom. The Bertz CT molecular complexity index is 475. The highest BCUT2D eigenvalue weighted by Gasteiger charge is 2.57. The molecule has 21 heavy (non-hydrogen) atoms. The Morgan fingerprint density at radius 3 is 2.81 bits per heavy atom. The molecule has 1 aliphatic heterocycles. The van der Waals surface area contributed by atoms with Gasteiger partial charge in [0.05, 0.1) is 10.7 Å². The van der Waals surface area contributed by atoms with Crippen molar-refractivity contribution in [2.45, 2.75) is 32.6 Å². The Kier molecular flexibility index (Phi) is 6.91. The summed E-state index contributed by atoms with van der Waals surface area (Å²) < 4.78 is 0. The summed E-state index contributed by atoms with van der Waals surface area (Å²) in [6.45, 7) is 4.87. The average molecular weight is 352 g/mol. The van der Waals surface area contributed by atoms with Crippen LogP contribution in [0.25, 0.3) is 0 Å². The second-order valence-corrected chi connectivity index (χ2v) is 6.83. The smallest absolute Gasteiger partial charge is 0.223 e. The molecule has 1 unspecified atom stereocenters. The van der Waals surface area contributed by atoms with E-state index < -0.39 is 0 Å². The maximum absolute atomic E-state index is 12.1. The number of aryl methyl sites for hydroxylation is 1. The molecule has 0 aromatic carbocycles. The fourth-order valence-electron chi connectivity index (χ4n) is 3.16. The molecule has 2 fully saturated rings. The van der Waals surface area contributed by atoms with Crippen LogP contribution in [0.15, 0.2) is 5.38 Å². The van der Waals surface area contributed by atoms with Crippen LogP contribution in [0.4, 0.5) is 0 Å². The molecule has 1 amide bonds. The second-order valence-electron chi connectivity index (χ2n) is 5.77. The molecule has 3 rings (SSSR count). The number of nitrogens with one attached hydrogen (secondary N) is 2. The zero-order chi connectivity index (χ0) is 13.3. The van der Waals surface area contributed by atoms with Gasteiger partial charge in [0.25, 0.3) is 0 Å². The molecule has 0 bridgehead atoms. The number of thiazole rings is 1. The van der Waals surface area contributed by atoms with E-state index in [0.29, 0.717) is 12.0 Å². The van der Waals surface area contributed by atoms with Crippen molar-refractivity contribution in [2.24, 2.45) is 11.3 Å². The monoisotopic (exact) mass is 351 g/mol. The van der Waals surface area contributed by atoms with E-state index in [1.165, 1.54) is 0 Å². The van der Waals surface area contributed by atoms with Gasteiger partial charge in [0.15, 0.2) is 0 Å². The Hall–Kier alpha value is -0.360. The number of rotatable bonds is 4. The molecule has 1 aromatic heterocycles. The highest BCUT2D eigenvalue weighted by molar-refractivity contribution is 7.09. The fraction of sp³-hybridized carbons (Fsp3) is 0.714. The molecule has 2 N–H and O–H groups in total. The summed E-state index contributed by atoms with van der Waals surface area (Å²) in [5.41, 5.74) is 1.43. The van der Waals surface area contributed by atoms with Gasteiger partial charge in [-0.25, -0.2) is 4.98 Å². The van der Waals surface area contributed by atoms with Gasteiger partial charge in [-0.05, 0) is 44.7 Å². The summed E-state index contributed by atoms with van der Waals surface area (Å²) in [4.78, 5) is 16.5. The summed E-state index contributed by atoms with van der Waals surface area (Å²) >= 11 is 1.67. The molecule has 1 aromatic rings. The average Bonchev–Trinajstić information content (AvgIpc) is 2.93. The van der Waals surface area contributed by atoms with Crippen molar-refractivity contribution in [3.63, 3.8) is 0 Å². The van der Waals surface area contributed by atoms with E-state index in [4.69, 9.17) is 0 Å². The highest BCUT2D eigenvalue weighted by Crippen LogP contribution is 2.58. The molecule has 2 heterocycles. The van der Waals surface area contributed by atoms with Crippen LogP contribution in [-0.4, -0.2) is 30.5 Å². The van der Waals surface area contributed by atoms with Crippen molar-refractivity contribution in [1.29, 1.82) is 0 Å². The molecular weight excluding hydrogens is 329 g/mol. The molecule has 1 saturated carbocycles. The van der Waals surface area contributed by atoms with Gasteiger partial charge in [-0.2, -0.15) is 0 Å². The van der Waals surface area contributed by atoms with Crippen LogP contribution >= 0.6 is 36.2 Å². The van der Waals surface area contributed by atoms with E-state index in [-0.39, 0.29) is 36.6 Å². The minimum Gasteiger partial charge on any atom is -0.355 e. The van der Waals surface area contributed by atoms with E-state index in [0.717, 1.165) is 49.5 Å². The van der Waals surface area contributed by atoms with Crippen LogP contribution in [0.5, 0.6) is 0 Å². The zero-order valence-electron chi connectivity index (χ0n) is 12.2. The standard InChI is InChI=1S/C14H21N3OS.2ClH/c1-10-17-11(9-19-10)2-5-16-13(18)12-8-14(12)3-6-15-7-4-14;;/h9,12,15H,2-8H2,1H3,(H,16,18);2*1H. The first-order valence-electron chi connectivity index (χ1n) is 7.09. The third-order valence-electron chi connectivity index (χ3n) is 4.45. The van der Waals surface area contributed by atoms with Crippen LogP contribution < -0.4 is 10.6 Å². The minimum atomic E-state index is 0. The SMILES string of the molecule is Cc1nc(CCNC(=O)C2CC23CCNCC3)cs1.Cl.Cl. The predicted octanol–water partition coefficient (Wildman–Crippen LogP) is 2.34. The first-order valence-corrected chi connectivity index (χ1v) is 7.97. The highest BCUT2D eigenvalue weighted by atomic mass is 35.5.